The lowest BCUT2D eigenvalue weighted by Gasteiger charge is -2.09. The third-order valence-electron chi connectivity index (χ3n) is 2.33. The molecule has 1 aromatic heterocycles. The number of aromatic nitrogens is 4. The van der Waals surface area contributed by atoms with Crippen molar-refractivity contribution in [3.05, 3.63) is 33.6 Å². The van der Waals surface area contributed by atoms with E-state index >= 15 is 0 Å². The molecule has 0 fully saturated rings. The Balaban J connectivity index is 2.37. The number of hydrogen-bond donors (Lipinski definition) is 3. The normalized spacial score (nSPS) is 11.5. The van der Waals surface area contributed by atoms with E-state index in [0.29, 0.717) is 0 Å². The van der Waals surface area contributed by atoms with Crippen LogP contribution in [0.25, 0.3) is 0 Å². The molecule has 21 heavy (non-hydrogen) atoms. The molecule has 0 saturated carbocycles. The van der Waals surface area contributed by atoms with Crippen molar-refractivity contribution in [1.29, 1.82) is 0 Å². The van der Waals surface area contributed by atoms with Gasteiger partial charge >= 0.3 is 5.97 Å². The number of carboxylic acids is 1. The Kier molecular flexibility index (Phi) is 4.42. The molecular formula is C9H7Cl2N5O4S. The summed E-state index contributed by atoms with van der Waals surface area (Å²) in [5.74, 6) is -1.28. The Labute approximate surface area is 128 Å². The number of aromatic carboxylic acids is 1. The highest BCUT2D eigenvalue weighted by Gasteiger charge is 2.24. The van der Waals surface area contributed by atoms with Gasteiger partial charge in [-0.3, -0.25) is 0 Å². The van der Waals surface area contributed by atoms with Crippen LogP contribution in [0.15, 0.2) is 17.0 Å². The smallest absolute Gasteiger partial charge is 0.337 e. The summed E-state index contributed by atoms with van der Waals surface area (Å²) in [7, 11) is -4.10. The first-order valence-corrected chi connectivity index (χ1v) is 7.49. The average molecular weight is 352 g/mol. The fraction of sp³-hybridized carbons (Fsp3) is 0.111. The highest BCUT2D eigenvalue weighted by Crippen LogP contribution is 2.29. The number of aromatic amines is 1. The largest absolute Gasteiger partial charge is 0.478 e. The maximum atomic E-state index is 12.1. The molecule has 0 saturated heterocycles. The number of halogens is 2. The number of H-pyrrole nitrogens is 1. The molecule has 0 aliphatic heterocycles. The lowest BCUT2D eigenvalue weighted by Crippen LogP contribution is -2.24. The molecule has 0 bridgehead atoms. The van der Waals surface area contributed by atoms with Gasteiger partial charge in [-0.2, -0.15) is 5.21 Å². The van der Waals surface area contributed by atoms with Gasteiger partial charge in [0.15, 0.2) is 5.82 Å². The predicted molar refractivity (Wildman–Crippen MR) is 71.6 cm³/mol. The molecule has 0 aliphatic carbocycles. The first-order valence-electron chi connectivity index (χ1n) is 5.25. The van der Waals surface area contributed by atoms with E-state index in [1.807, 2.05) is 0 Å². The maximum Gasteiger partial charge on any atom is 0.337 e. The third kappa shape index (κ3) is 3.47. The van der Waals surface area contributed by atoms with E-state index in [1.165, 1.54) is 0 Å². The Hall–Kier alpha value is -1.75. The van der Waals surface area contributed by atoms with Crippen LogP contribution in [0.1, 0.15) is 16.2 Å². The van der Waals surface area contributed by atoms with Gasteiger partial charge in [-0.1, -0.05) is 28.4 Å². The van der Waals surface area contributed by atoms with Crippen LogP contribution in [0, 0.1) is 0 Å². The van der Waals surface area contributed by atoms with Crippen molar-refractivity contribution in [1.82, 2.24) is 25.3 Å². The fourth-order valence-corrected chi connectivity index (χ4v) is 3.29. The topological polar surface area (TPSA) is 138 Å². The molecule has 2 rings (SSSR count). The minimum Gasteiger partial charge on any atom is -0.478 e. The molecule has 112 valence electrons. The first kappa shape index (κ1) is 15.6. The van der Waals surface area contributed by atoms with Crippen LogP contribution in [0.5, 0.6) is 0 Å². The summed E-state index contributed by atoms with van der Waals surface area (Å²) < 4.78 is 26.4. The van der Waals surface area contributed by atoms with Gasteiger partial charge < -0.3 is 5.11 Å². The van der Waals surface area contributed by atoms with E-state index in [2.05, 4.69) is 25.3 Å². The van der Waals surface area contributed by atoms with Crippen LogP contribution in [0.3, 0.4) is 0 Å². The molecule has 0 radical (unpaired) electrons. The molecule has 0 amide bonds. The zero-order valence-corrected chi connectivity index (χ0v) is 12.4. The standard InChI is InChI=1S/C9H7Cl2N5O4S/c10-4-1-5(9(17)18)8(11)6(2-4)21(19,20)12-3-7-13-15-16-14-7/h1-2,12H,3H2,(H,17,18)(H,13,14,15,16). The minimum atomic E-state index is -4.10. The number of tetrazole rings is 1. The second-order valence-electron chi connectivity index (χ2n) is 3.72. The Morgan fingerprint density at radius 3 is 2.67 bits per heavy atom. The van der Waals surface area contributed by atoms with E-state index in [9.17, 15) is 13.2 Å². The number of hydrogen-bond acceptors (Lipinski definition) is 6. The minimum absolute atomic E-state index is 0.0725. The van der Waals surface area contributed by atoms with Crippen molar-refractivity contribution in [2.75, 3.05) is 0 Å². The SMILES string of the molecule is O=C(O)c1cc(Cl)cc(S(=O)(=O)NCc2nn[nH]n2)c1Cl. The van der Waals surface area contributed by atoms with Crippen molar-refractivity contribution in [2.45, 2.75) is 11.4 Å². The summed E-state index contributed by atoms with van der Waals surface area (Å²) in [6.07, 6.45) is 0. The second kappa shape index (κ2) is 5.93. The molecule has 1 aromatic carbocycles. The molecule has 0 aliphatic rings. The van der Waals surface area contributed by atoms with Crippen LogP contribution in [-0.4, -0.2) is 40.1 Å². The molecule has 12 heteroatoms. The van der Waals surface area contributed by atoms with Gasteiger partial charge in [0, 0.05) is 5.02 Å². The maximum absolute atomic E-state index is 12.1. The molecule has 0 spiro atoms. The lowest BCUT2D eigenvalue weighted by atomic mass is 10.2. The van der Waals surface area contributed by atoms with Crippen LogP contribution < -0.4 is 4.72 Å². The van der Waals surface area contributed by atoms with Gasteiger partial charge in [-0.05, 0) is 12.1 Å². The van der Waals surface area contributed by atoms with E-state index < -0.39 is 31.5 Å². The number of sulfonamides is 1. The summed E-state index contributed by atoms with van der Waals surface area (Å²) in [5.41, 5.74) is -0.413. The predicted octanol–water partition coefficient (Wildman–Crippen LogP) is 0.683. The van der Waals surface area contributed by atoms with Gasteiger partial charge in [-0.25, -0.2) is 17.9 Å². The Morgan fingerprint density at radius 2 is 2.10 bits per heavy atom. The summed E-state index contributed by atoms with van der Waals surface area (Å²) in [6.45, 7) is -0.246. The van der Waals surface area contributed by atoms with Gasteiger partial charge in [0.05, 0.1) is 17.1 Å². The molecule has 2 aromatic rings. The molecule has 9 nitrogen and oxygen atoms in total. The van der Waals surface area contributed by atoms with Crippen molar-refractivity contribution in [3.63, 3.8) is 0 Å². The Morgan fingerprint density at radius 1 is 1.38 bits per heavy atom. The molecule has 0 atom stereocenters. The van der Waals surface area contributed by atoms with Gasteiger partial charge in [-0.15, -0.1) is 10.2 Å². The number of benzene rings is 1. The van der Waals surface area contributed by atoms with Gasteiger partial charge in [0.1, 0.15) is 4.90 Å². The molecule has 3 N–H and O–H groups in total. The number of carboxylic acid groups (broad SMARTS) is 1. The van der Waals surface area contributed by atoms with Crippen LogP contribution in [0.2, 0.25) is 10.0 Å². The van der Waals surface area contributed by atoms with Crippen molar-refractivity contribution < 1.29 is 18.3 Å². The zero-order valence-electron chi connectivity index (χ0n) is 10.0. The number of nitrogens with zero attached hydrogens (tertiary/aromatic N) is 3. The van der Waals surface area contributed by atoms with E-state index in [1.54, 1.807) is 0 Å². The lowest BCUT2D eigenvalue weighted by molar-refractivity contribution is 0.0697. The van der Waals surface area contributed by atoms with Crippen LogP contribution >= 0.6 is 23.2 Å². The third-order valence-corrected chi connectivity index (χ3v) is 4.50. The Bertz CT molecular complexity index is 778. The van der Waals surface area contributed by atoms with Crippen molar-refractivity contribution >= 4 is 39.2 Å². The first-order chi connectivity index (χ1) is 9.81. The van der Waals surface area contributed by atoms with E-state index in [0.717, 1.165) is 12.1 Å². The number of carbonyl (C=O) groups is 1. The summed E-state index contributed by atoms with van der Waals surface area (Å²) >= 11 is 11.5. The van der Waals surface area contributed by atoms with Crippen molar-refractivity contribution in [2.24, 2.45) is 0 Å². The molecule has 0 unspecified atom stereocenters. The summed E-state index contributed by atoms with van der Waals surface area (Å²) in [6, 6.07) is 2.11. The summed E-state index contributed by atoms with van der Waals surface area (Å²) in [4.78, 5) is 10.6. The zero-order chi connectivity index (χ0) is 15.6. The number of nitrogens with one attached hydrogen (secondary N) is 2. The average Bonchev–Trinajstić information content (AvgIpc) is 2.91. The fourth-order valence-electron chi connectivity index (χ4n) is 1.41. The highest BCUT2D eigenvalue weighted by atomic mass is 35.5. The van der Waals surface area contributed by atoms with Crippen LogP contribution in [0.4, 0.5) is 0 Å². The molecule has 1 heterocycles. The van der Waals surface area contributed by atoms with E-state index in [-0.39, 0.29) is 17.4 Å². The van der Waals surface area contributed by atoms with Gasteiger partial charge in [0.2, 0.25) is 10.0 Å². The summed E-state index contributed by atoms with van der Waals surface area (Å²) in [5, 5.41) is 21.0. The highest BCUT2D eigenvalue weighted by molar-refractivity contribution is 7.89. The molecular weight excluding hydrogens is 345 g/mol. The van der Waals surface area contributed by atoms with Crippen molar-refractivity contribution in [3.8, 4) is 0 Å². The van der Waals surface area contributed by atoms with Crippen LogP contribution in [-0.2, 0) is 16.6 Å². The quantitative estimate of drug-likeness (QED) is 0.719. The monoisotopic (exact) mass is 351 g/mol. The van der Waals surface area contributed by atoms with E-state index in [4.69, 9.17) is 28.3 Å². The number of rotatable bonds is 5. The second-order valence-corrected chi connectivity index (χ2v) is 6.27. The van der Waals surface area contributed by atoms with Gasteiger partial charge in [0.25, 0.3) is 0 Å².